The Kier molecular flexibility index (Phi) is 5.04. The van der Waals surface area contributed by atoms with Crippen molar-refractivity contribution in [3.63, 3.8) is 0 Å². The standard InChI is InChI=1S/C19H23BF2N2O2/c1-18(2)19(3,4)26-20(25-18)17(22)13-15-12-16(23-24(15)11-10-21)14-8-6-5-7-9-14/h5-9,12-13H,10-11H2,1-4H3. The number of benzene rings is 1. The number of hydrogen-bond donors (Lipinski definition) is 0. The minimum absolute atomic E-state index is 0.0509. The van der Waals surface area contributed by atoms with Crippen molar-refractivity contribution in [1.82, 2.24) is 9.78 Å². The van der Waals surface area contributed by atoms with Crippen molar-refractivity contribution in [2.24, 2.45) is 0 Å². The smallest absolute Gasteiger partial charge is 0.398 e. The molecule has 2 heterocycles. The van der Waals surface area contributed by atoms with Crippen molar-refractivity contribution in [1.29, 1.82) is 0 Å². The van der Waals surface area contributed by atoms with E-state index in [1.807, 2.05) is 58.0 Å². The largest absolute Gasteiger partial charge is 0.525 e. The summed E-state index contributed by atoms with van der Waals surface area (Å²) in [6.07, 6.45) is 1.30. The predicted molar refractivity (Wildman–Crippen MR) is 98.8 cm³/mol. The minimum Gasteiger partial charge on any atom is -0.398 e. The molecule has 0 N–H and O–H groups in total. The minimum atomic E-state index is -1.09. The summed E-state index contributed by atoms with van der Waals surface area (Å²) < 4.78 is 40.6. The maximum atomic E-state index is 14.8. The Balaban J connectivity index is 1.91. The van der Waals surface area contributed by atoms with Crippen molar-refractivity contribution < 1.29 is 18.1 Å². The second-order valence-corrected chi connectivity index (χ2v) is 7.35. The number of halogens is 2. The van der Waals surface area contributed by atoms with Crippen LogP contribution in [0.1, 0.15) is 33.4 Å². The summed E-state index contributed by atoms with van der Waals surface area (Å²) in [6.45, 7) is 6.91. The number of alkyl halides is 1. The van der Waals surface area contributed by atoms with Crippen LogP contribution < -0.4 is 0 Å². The third kappa shape index (κ3) is 3.59. The molecule has 26 heavy (non-hydrogen) atoms. The van der Waals surface area contributed by atoms with E-state index in [9.17, 15) is 8.78 Å². The zero-order valence-corrected chi connectivity index (χ0v) is 15.5. The fourth-order valence-corrected chi connectivity index (χ4v) is 2.72. The lowest BCUT2D eigenvalue weighted by atomic mass is 9.87. The van der Waals surface area contributed by atoms with E-state index < -0.39 is 30.7 Å². The average Bonchev–Trinajstić information content (AvgIpc) is 3.07. The van der Waals surface area contributed by atoms with E-state index in [0.29, 0.717) is 11.4 Å². The van der Waals surface area contributed by atoms with Crippen LogP contribution in [0.15, 0.2) is 42.1 Å². The summed E-state index contributed by atoms with van der Waals surface area (Å²) in [4.78, 5) is 0. The first-order valence-corrected chi connectivity index (χ1v) is 8.65. The van der Waals surface area contributed by atoms with Crippen molar-refractivity contribution in [3.05, 3.63) is 47.8 Å². The lowest BCUT2D eigenvalue weighted by Gasteiger charge is -2.32. The quantitative estimate of drug-likeness (QED) is 0.739. The van der Waals surface area contributed by atoms with E-state index in [-0.39, 0.29) is 6.54 Å². The van der Waals surface area contributed by atoms with Gasteiger partial charge >= 0.3 is 7.12 Å². The van der Waals surface area contributed by atoms with Gasteiger partial charge in [-0.1, -0.05) is 30.3 Å². The molecule has 1 aliphatic heterocycles. The zero-order valence-electron chi connectivity index (χ0n) is 15.5. The van der Waals surface area contributed by atoms with Gasteiger partial charge in [-0.2, -0.15) is 5.10 Å². The van der Waals surface area contributed by atoms with Crippen LogP contribution in [-0.4, -0.2) is 34.8 Å². The van der Waals surface area contributed by atoms with E-state index in [4.69, 9.17) is 9.31 Å². The second kappa shape index (κ2) is 6.97. The number of aryl methyl sites for hydroxylation is 1. The molecular weight excluding hydrogens is 337 g/mol. The highest BCUT2D eigenvalue weighted by atomic mass is 19.1. The lowest BCUT2D eigenvalue weighted by Crippen LogP contribution is -2.41. The van der Waals surface area contributed by atoms with E-state index in [2.05, 4.69) is 5.10 Å². The molecule has 2 aromatic rings. The molecular formula is C19H23BF2N2O2. The predicted octanol–water partition coefficient (Wildman–Crippen LogP) is 4.46. The molecule has 1 aromatic carbocycles. The van der Waals surface area contributed by atoms with Crippen molar-refractivity contribution in [2.45, 2.75) is 45.4 Å². The van der Waals surface area contributed by atoms with E-state index in [1.165, 1.54) is 10.8 Å². The van der Waals surface area contributed by atoms with Crippen LogP contribution in [0, 0.1) is 0 Å². The highest BCUT2D eigenvalue weighted by molar-refractivity contribution is 6.54. The van der Waals surface area contributed by atoms with Gasteiger partial charge in [-0.05, 0) is 39.8 Å². The summed E-state index contributed by atoms with van der Waals surface area (Å²) in [7, 11) is -1.09. The first-order chi connectivity index (χ1) is 12.2. The van der Waals surface area contributed by atoms with Crippen LogP contribution in [0.3, 0.4) is 0 Å². The zero-order chi connectivity index (χ0) is 18.9. The van der Waals surface area contributed by atoms with Gasteiger partial charge in [-0.3, -0.25) is 4.68 Å². The van der Waals surface area contributed by atoms with Crippen molar-refractivity contribution in [3.8, 4) is 11.3 Å². The highest BCUT2D eigenvalue weighted by Gasteiger charge is 2.53. The van der Waals surface area contributed by atoms with E-state index in [0.717, 1.165) is 5.56 Å². The Bertz CT molecular complexity index is 787. The molecule has 0 radical (unpaired) electrons. The van der Waals surface area contributed by atoms with Crippen molar-refractivity contribution >= 4 is 13.2 Å². The Morgan fingerprint density at radius 1 is 1.15 bits per heavy atom. The van der Waals surface area contributed by atoms with Gasteiger partial charge in [0.2, 0.25) is 0 Å². The molecule has 7 heteroatoms. The van der Waals surface area contributed by atoms with Crippen LogP contribution in [-0.2, 0) is 15.9 Å². The molecule has 0 atom stereocenters. The van der Waals surface area contributed by atoms with Crippen LogP contribution in [0.25, 0.3) is 17.3 Å². The molecule has 0 amide bonds. The number of nitrogens with zero attached hydrogens (tertiary/aromatic N) is 2. The first kappa shape index (κ1) is 18.8. The molecule has 138 valence electrons. The topological polar surface area (TPSA) is 36.3 Å². The number of hydrogen-bond acceptors (Lipinski definition) is 3. The van der Waals surface area contributed by atoms with Crippen LogP contribution in [0.2, 0.25) is 0 Å². The average molecular weight is 360 g/mol. The van der Waals surface area contributed by atoms with Crippen LogP contribution in [0.4, 0.5) is 8.78 Å². The molecule has 1 fully saturated rings. The highest BCUT2D eigenvalue weighted by Crippen LogP contribution is 2.39. The van der Waals surface area contributed by atoms with E-state index in [1.54, 1.807) is 6.07 Å². The molecule has 0 saturated carbocycles. The molecule has 4 nitrogen and oxygen atoms in total. The normalized spacial score (nSPS) is 19.2. The summed E-state index contributed by atoms with van der Waals surface area (Å²) in [5, 5.41) is 4.39. The van der Waals surface area contributed by atoms with Gasteiger partial charge < -0.3 is 9.31 Å². The molecule has 1 saturated heterocycles. The van der Waals surface area contributed by atoms with Gasteiger partial charge in [-0.15, -0.1) is 0 Å². The van der Waals surface area contributed by atoms with E-state index >= 15 is 0 Å². The first-order valence-electron chi connectivity index (χ1n) is 8.65. The lowest BCUT2D eigenvalue weighted by molar-refractivity contribution is 0.00578. The summed E-state index contributed by atoms with van der Waals surface area (Å²) in [5.74, 6) is 0. The van der Waals surface area contributed by atoms with Crippen LogP contribution >= 0.6 is 0 Å². The Morgan fingerprint density at radius 3 is 2.35 bits per heavy atom. The third-order valence-corrected chi connectivity index (χ3v) is 4.94. The molecule has 0 bridgehead atoms. The SMILES string of the molecule is CC1(C)OB(C(F)=Cc2cc(-c3ccccc3)nn2CCF)OC1(C)C. The summed E-state index contributed by atoms with van der Waals surface area (Å²) >= 11 is 0. The summed E-state index contributed by atoms with van der Waals surface area (Å²) in [6, 6.07) is 11.2. The van der Waals surface area contributed by atoms with Gasteiger partial charge in [0.15, 0.2) is 0 Å². The molecule has 0 aliphatic carbocycles. The second-order valence-electron chi connectivity index (χ2n) is 7.35. The number of aromatic nitrogens is 2. The van der Waals surface area contributed by atoms with Crippen molar-refractivity contribution in [2.75, 3.05) is 6.67 Å². The molecule has 1 aliphatic rings. The number of rotatable bonds is 5. The molecule has 1 aromatic heterocycles. The monoisotopic (exact) mass is 360 g/mol. The molecule has 0 spiro atoms. The van der Waals surface area contributed by atoms with Gasteiger partial charge in [0.25, 0.3) is 0 Å². The van der Waals surface area contributed by atoms with Gasteiger partial charge in [0, 0.05) is 5.56 Å². The molecule has 0 unspecified atom stereocenters. The Labute approximate surface area is 153 Å². The maximum Gasteiger partial charge on any atom is 0.525 e. The van der Waals surface area contributed by atoms with Gasteiger partial charge in [0.05, 0.1) is 29.1 Å². The third-order valence-electron chi connectivity index (χ3n) is 4.94. The molecule has 3 rings (SSSR count). The van der Waals surface area contributed by atoms with Gasteiger partial charge in [0.1, 0.15) is 12.4 Å². The Morgan fingerprint density at radius 2 is 1.77 bits per heavy atom. The summed E-state index contributed by atoms with van der Waals surface area (Å²) in [5.41, 5.74) is 0.189. The fraction of sp³-hybridized carbons (Fsp3) is 0.421. The fourth-order valence-electron chi connectivity index (χ4n) is 2.72. The Hall–Kier alpha value is -1.99. The van der Waals surface area contributed by atoms with Gasteiger partial charge in [-0.25, -0.2) is 8.78 Å². The maximum absolute atomic E-state index is 14.8. The van der Waals surface area contributed by atoms with Crippen LogP contribution in [0.5, 0.6) is 0 Å².